The molecule has 0 unspecified atom stereocenters. The number of fused-ring (bicyclic) bond motifs is 1. The van der Waals surface area contributed by atoms with Crippen molar-refractivity contribution < 1.29 is 43.8 Å². The second kappa shape index (κ2) is 16.7. The van der Waals surface area contributed by atoms with Crippen LogP contribution >= 0.6 is 11.8 Å². The first kappa shape index (κ1) is 28.0. The molecule has 0 bridgehead atoms. The van der Waals surface area contributed by atoms with Gasteiger partial charge in [0, 0.05) is 62.0 Å². The summed E-state index contributed by atoms with van der Waals surface area (Å²) >= 11 is 0.743. The predicted octanol–water partition coefficient (Wildman–Crippen LogP) is 8.71. The van der Waals surface area contributed by atoms with Gasteiger partial charge in [0.05, 0.1) is 35.0 Å². The zero-order chi connectivity index (χ0) is 45.5. The van der Waals surface area contributed by atoms with E-state index in [-0.39, 0.29) is 71.8 Å². The highest BCUT2D eigenvalue weighted by Gasteiger charge is 2.31. The minimum atomic E-state index is -4.51. The minimum absolute atomic E-state index is 0.000819. The van der Waals surface area contributed by atoms with E-state index in [1.165, 1.54) is 40.7 Å². The first-order chi connectivity index (χ1) is 29.0. The van der Waals surface area contributed by atoms with Gasteiger partial charge in [0.15, 0.2) is 17.1 Å². The number of carbonyl (C=O) groups is 1. The Bertz CT molecular complexity index is 2530. The molecule has 1 saturated heterocycles. The van der Waals surface area contributed by atoms with Crippen LogP contribution in [0.4, 0.5) is 22.0 Å². The van der Waals surface area contributed by atoms with Gasteiger partial charge >= 0.3 is 6.18 Å². The van der Waals surface area contributed by atoms with Crippen LogP contribution in [-0.4, -0.2) is 59.5 Å². The van der Waals surface area contributed by atoms with Crippen LogP contribution in [-0.2, 0) is 34.6 Å². The van der Waals surface area contributed by atoms with E-state index in [4.69, 9.17) is 12.3 Å². The molecule has 1 fully saturated rings. The molecule has 2 heterocycles. The number of ether oxygens (including phenoxy) is 1. The lowest BCUT2D eigenvalue weighted by atomic mass is 10.00. The maximum atomic E-state index is 14.8. The summed E-state index contributed by atoms with van der Waals surface area (Å²) in [4.78, 5) is 31.8. The molecular formula is C41H40F5N3O3S. The fourth-order valence-electron chi connectivity index (χ4n) is 6.27. The van der Waals surface area contributed by atoms with E-state index < -0.39 is 85.1 Å². The minimum Gasteiger partial charge on any atom is -0.383 e. The molecule has 1 aliphatic rings. The molecule has 1 aliphatic heterocycles. The summed E-state index contributed by atoms with van der Waals surface area (Å²) in [7, 11) is -2.99. The van der Waals surface area contributed by atoms with Crippen molar-refractivity contribution in [1.29, 1.82) is 0 Å². The van der Waals surface area contributed by atoms with Crippen LogP contribution < -0.4 is 5.43 Å². The molecule has 5 aromatic rings. The number of rotatable bonds is 12. The van der Waals surface area contributed by atoms with Gasteiger partial charge in [0.1, 0.15) is 6.54 Å². The van der Waals surface area contributed by atoms with Gasteiger partial charge in [-0.05, 0) is 66.7 Å². The number of halogens is 5. The summed E-state index contributed by atoms with van der Waals surface area (Å²) in [5, 5.41) is -0.558. The Kier molecular flexibility index (Phi) is 8.80. The Balaban J connectivity index is 1.38. The molecule has 12 heteroatoms. The second-order valence-electron chi connectivity index (χ2n) is 12.6. The summed E-state index contributed by atoms with van der Waals surface area (Å²) in [5.74, 6) is -3.19. The van der Waals surface area contributed by atoms with Crippen molar-refractivity contribution in [3.8, 4) is 11.1 Å². The molecule has 278 valence electrons. The van der Waals surface area contributed by atoms with Crippen molar-refractivity contribution in [1.82, 2.24) is 14.4 Å². The highest BCUT2D eigenvalue weighted by molar-refractivity contribution is 7.98. The van der Waals surface area contributed by atoms with E-state index in [1.807, 2.05) is 0 Å². The largest absolute Gasteiger partial charge is 0.416 e. The maximum Gasteiger partial charge on any atom is 0.416 e. The fourth-order valence-corrected chi connectivity index (χ4v) is 7.26. The number of nitrogens with zero attached hydrogens (tertiary/aromatic N) is 3. The predicted molar refractivity (Wildman–Crippen MR) is 198 cm³/mol. The molecule has 0 N–H and O–H groups in total. The lowest BCUT2D eigenvalue weighted by Gasteiger charge is -2.39. The summed E-state index contributed by atoms with van der Waals surface area (Å²) in [6, 6.07) is 12.4. The van der Waals surface area contributed by atoms with E-state index >= 15 is 0 Å². The third kappa shape index (κ3) is 9.17. The molecule has 0 radical (unpaired) electrons. The number of likely N-dealkylation sites (tertiary alicyclic amines) is 1. The highest BCUT2D eigenvalue weighted by atomic mass is 32.2. The van der Waals surface area contributed by atoms with Gasteiger partial charge < -0.3 is 19.1 Å². The number of thioether (sulfide) groups is 1. The van der Waals surface area contributed by atoms with Crippen molar-refractivity contribution in [2.45, 2.75) is 55.9 Å². The number of benzene rings is 4. The van der Waals surface area contributed by atoms with Crippen molar-refractivity contribution in [2.75, 3.05) is 33.2 Å². The first-order valence-electron chi connectivity index (χ1n) is 21.1. The number of carbonyl (C=O) groups excluding carboxylic acids is 1. The Hall–Kier alpha value is -4.52. The summed E-state index contributed by atoms with van der Waals surface area (Å²) < 4.78 is 148. The van der Waals surface area contributed by atoms with Gasteiger partial charge in [-0.3, -0.25) is 9.59 Å². The number of hydrogen-bond donors (Lipinski definition) is 0. The van der Waals surface area contributed by atoms with Crippen LogP contribution in [0.3, 0.4) is 0 Å². The highest BCUT2D eigenvalue weighted by Crippen LogP contribution is 2.32. The Morgan fingerprint density at radius 2 is 1.72 bits per heavy atom. The van der Waals surface area contributed by atoms with Crippen LogP contribution in [0.1, 0.15) is 47.4 Å². The molecule has 0 saturated carbocycles. The fraction of sp³-hybridized carbons (Fsp3) is 0.317. The van der Waals surface area contributed by atoms with Crippen molar-refractivity contribution >= 4 is 28.6 Å². The lowest BCUT2D eigenvalue weighted by Crippen LogP contribution is -2.48. The number of amides is 1. The van der Waals surface area contributed by atoms with E-state index in [9.17, 15) is 31.5 Å². The van der Waals surface area contributed by atoms with E-state index in [0.717, 1.165) is 30.0 Å². The zero-order valence-corrected chi connectivity index (χ0v) is 29.3. The van der Waals surface area contributed by atoms with Crippen molar-refractivity contribution in [3.05, 3.63) is 135 Å². The number of hydrogen-bond acceptors (Lipinski definition) is 5. The summed E-state index contributed by atoms with van der Waals surface area (Å²) in [5.41, 5.74) is -0.436. The molecule has 0 atom stereocenters. The topological polar surface area (TPSA) is 54.8 Å². The average Bonchev–Trinajstić information content (AvgIpc) is 3.20. The Labute approximate surface area is 321 Å². The van der Waals surface area contributed by atoms with Gasteiger partial charge in [-0.15, -0.1) is 11.8 Å². The van der Waals surface area contributed by atoms with E-state index in [0.29, 0.717) is 16.7 Å². The van der Waals surface area contributed by atoms with Crippen LogP contribution in [0.2, 0.25) is 0 Å². The third-order valence-electron chi connectivity index (χ3n) is 9.10. The molecule has 0 aliphatic carbocycles. The summed E-state index contributed by atoms with van der Waals surface area (Å²) in [6.07, 6.45) is -3.97. The van der Waals surface area contributed by atoms with Gasteiger partial charge in [0.25, 0.3) is 0 Å². The molecule has 1 amide bonds. The van der Waals surface area contributed by atoms with E-state index in [2.05, 4.69) is 4.74 Å². The van der Waals surface area contributed by atoms with E-state index in [1.54, 1.807) is 29.2 Å². The average molecular weight is 759 g/mol. The number of pyridine rings is 1. The Morgan fingerprint density at radius 3 is 2.40 bits per heavy atom. The summed E-state index contributed by atoms with van der Waals surface area (Å²) in [6.45, 7) is -1.77. The van der Waals surface area contributed by atoms with Crippen LogP contribution in [0, 0.1) is 18.6 Å². The normalized spacial score (nSPS) is 17.1. The quantitative estimate of drug-likeness (QED) is 0.0942. The molecule has 4 aromatic carbocycles. The maximum absolute atomic E-state index is 14.8. The van der Waals surface area contributed by atoms with Crippen molar-refractivity contribution in [3.63, 3.8) is 0 Å². The molecule has 6 rings (SSSR count). The van der Waals surface area contributed by atoms with Crippen LogP contribution in [0.25, 0.3) is 22.0 Å². The smallest absolute Gasteiger partial charge is 0.383 e. The molecular weight excluding hydrogens is 710 g/mol. The van der Waals surface area contributed by atoms with Gasteiger partial charge in [-0.25, -0.2) is 8.78 Å². The molecule has 6 nitrogen and oxygen atoms in total. The number of methoxy groups -OCH3 is 1. The van der Waals surface area contributed by atoms with Gasteiger partial charge in [0.2, 0.25) is 5.91 Å². The molecule has 53 heavy (non-hydrogen) atoms. The SMILES string of the molecule is [2H]c1c(C)c([2H])c2c(=O)c([2H])c(SCc3cccc(F)c3F)n(CC(=O)N(Cc3ccc(-c4ccc(C(F)(F)F)cc4)cc3)C3CCN(CC([2H])([2H])OC([2H])([2H])[2H])CC3)c2c1[2H]. The second-order valence-corrected chi connectivity index (χ2v) is 13.6. The molecule has 1 aromatic heterocycles. The van der Waals surface area contributed by atoms with Crippen LogP contribution in [0.15, 0.2) is 101 Å². The number of piperidine rings is 1. The monoisotopic (exact) mass is 758 g/mol. The van der Waals surface area contributed by atoms with Crippen LogP contribution in [0.5, 0.6) is 0 Å². The van der Waals surface area contributed by atoms with Gasteiger partial charge in [-0.1, -0.05) is 60.1 Å². The standard InChI is InChI=1S/C41H40F5N3O3S/c1-27-6-15-36-34(22-27)37(50)23-39(53-26-31-4-3-5-35(42)40(31)43)49(36)25-38(51)48(33-16-18-47(19-17-33)20-21-52-2)24-28-7-9-29(10-8-28)30-11-13-32(14-12-30)41(44,45)46/h3-15,22-23,33H,16-21,24-26H2,1-2H3/i2D3,6D,15D,21D2,22D,23D. The van der Waals surface area contributed by atoms with Gasteiger partial charge in [-0.2, -0.15) is 13.2 Å². The zero-order valence-electron chi connectivity index (χ0n) is 37.4. The molecule has 0 spiro atoms. The Morgan fingerprint density at radius 1 is 1.02 bits per heavy atom. The third-order valence-corrected chi connectivity index (χ3v) is 10.2. The number of aromatic nitrogens is 1. The first-order valence-corrected chi connectivity index (χ1v) is 17.6. The number of alkyl halides is 3. The lowest BCUT2D eigenvalue weighted by molar-refractivity contribution is -0.137. The van der Waals surface area contributed by atoms with Crippen molar-refractivity contribution in [2.24, 2.45) is 0 Å².